The molecule has 1 aliphatic carbocycles. The van der Waals surface area contributed by atoms with Crippen LogP contribution in [0.5, 0.6) is 0 Å². The molecule has 3 N–H and O–H groups in total. The van der Waals surface area contributed by atoms with Crippen molar-refractivity contribution in [3.8, 4) is 17.3 Å². The number of anilines is 1. The van der Waals surface area contributed by atoms with Crippen molar-refractivity contribution < 1.29 is 17.9 Å². The van der Waals surface area contributed by atoms with Crippen molar-refractivity contribution in [3.63, 3.8) is 0 Å². The molecule has 3 aliphatic rings. The van der Waals surface area contributed by atoms with Crippen molar-refractivity contribution in [1.82, 2.24) is 19.1 Å². The Morgan fingerprint density at radius 1 is 1.35 bits per heavy atom. The highest BCUT2D eigenvalue weighted by Crippen LogP contribution is 2.52. The van der Waals surface area contributed by atoms with Crippen LogP contribution in [0.3, 0.4) is 0 Å². The number of nitrogen functional groups attached to an aromatic ring is 1. The van der Waals surface area contributed by atoms with Gasteiger partial charge < -0.3 is 10.5 Å². The van der Waals surface area contributed by atoms with E-state index in [1.165, 1.54) is 22.5 Å². The number of nitrogens with one attached hydrogen (secondary N) is 1. The molecule has 1 saturated carbocycles. The van der Waals surface area contributed by atoms with Gasteiger partial charge in [-0.25, -0.2) is 9.97 Å². The second-order valence-corrected chi connectivity index (χ2v) is 8.94. The summed E-state index contributed by atoms with van der Waals surface area (Å²) in [6, 6.07) is 7.95. The smallest absolute Gasteiger partial charge is 0.381 e. The molecule has 2 aliphatic heterocycles. The molecule has 0 amide bonds. The summed E-state index contributed by atoms with van der Waals surface area (Å²) in [6.45, 7) is 2.36. The molecule has 0 unspecified atom stereocenters. The van der Waals surface area contributed by atoms with Gasteiger partial charge in [0, 0.05) is 29.5 Å². The molecule has 2 bridgehead atoms. The number of halogens is 3. The lowest BCUT2D eigenvalue weighted by Gasteiger charge is -2.40. The van der Waals surface area contributed by atoms with E-state index in [4.69, 9.17) is 10.5 Å². The summed E-state index contributed by atoms with van der Waals surface area (Å²) in [5, 5.41) is 9.21. The molecule has 0 spiro atoms. The lowest BCUT2D eigenvalue weighted by Crippen LogP contribution is -2.55. The fraction of sp³-hybridized carbons (Fsp3) is 0.350. The maximum absolute atomic E-state index is 13.2. The van der Waals surface area contributed by atoms with Gasteiger partial charge in [0.1, 0.15) is 0 Å². The van der Waals surface area contributed by atoms with Crippen molar-refractivity contribution in [2.45, 2.75) is 42.0 Å². The molecule has 0 atom stereocenters. The van der Waals surface area contributed by atoms with Gasteiger partial charge in [0.05, 0.1) is 30.1 Å². The molecule has 31 heavy (non-hydrogen) atoms. The van der Waals surface area contributed by atoms with Crippen LogP contribution >= 0.6 is 11.9 Å². The summed E-state index contributed by atoms with van der Waals surface area (Å²) < 4.78 is 50.0. The minimum atomic E-state index is -4.62. The first-order chi connectivity index (χ1) is 14.6. The van der Waals surface area contributed by atoms with E-state index in [-0.39, 0.29) is 17.0 Å². The van der Waals surface area contributed by atoms with Crippen molar-refractivity contribution in [2.75, 3.05) is 12.3 Å². The first kappa shape index (κ1) is 20.1. The van der Waals surface area contributed by atoms with E-state index in [1.807, 2.05) is 25.1 Å². The Bertz CT molecular complexity index is 1240. The van der Waals surface area contributed by atoms with Crippen LogP contribution in [0.25, 0.3) is 16.9 Å². The van der Waals surface area contributed by atoms with E-state index in [2.05, 4.69) is 20.8 Å². The largest absolute Gasteiger partial charge is 0.434 e. The number of nitrogens with zero attached hydrogens (tertiary/aromatic N) is 4. The lowest BCUT2D eigenvalue weighted by molar-refractivity contribution is -0.141. The lowest BCUT2D eigenvalue weighted by atomic mass is 9.70. The zero-order chi connectivity index (χ0) is 22.0. The zero-order valence-corrected chi connectivity index (χ0v) is 17.1. The molecule has 0 radical (unpaired) electrons. The number of hydrogen-bond donors (Lipinski definition) is 2. The van der Waals surface area contributed by atoms with Crippen molar-refractivity contribution in [3.05, 3.63) is 41.9 Å². The molecule has 2 saturated heterocycles. The van der Waals surface area contributed by atoms with Crippen LogP contribution in [0.2, 0.25) is 0 Å². The highest BCUT2D eigenvalue weighted by molar-refractivity contribution is 7.97. The summed E-state index contributed by atoms with van der Waals surface area (Å²) in [4.78, 5) is 8.49. The van der Waals surface area contributed by atoms with E-state index in [0.717, 1.165) is 22.2 Å². The number of aromatic nitrogens is 3. The van der Waals surface area contributed by atoms with Crippen molar-refractivity contribution >= 4 is 23.4 Å². The van der Waals surface area contributed by atoms with E-state index >= 15 is 0 Å². The predicted octanol–water partition coefficient (Wildman–Crippen LogP) is 3.73. The van der Waals surface area contributed by atoms with Crippen LogP contribution in [0.4, 0.5) is 19.0 Å². The number of fused-ring (bicyclic) bond motifs is 2. The van der Waals surface area contributed by atoms with Gasteiger partial charge in [-0.1, -0.05) is 6.07 Å². The zero-order valence-electron chi connectivity index (χ0n) is 16.3. The van der Waals surface area contributed by atoms with Crippen LogP contribution in [0, 0.1) is 18.3 Å². The van der Waals surface area contributed by atoms with Gasteiger partial charge in [-0.3, -0.25) is 9.12 Å². The third-order valence-electron chi connectivity index (χ3n) is 5.76. The van der Waals surface area contributed by atoms with Crippen molar-refractivity contribution in [1.29, 1.82) is 5.26 Å². The molecule has 3 fully saturated rings. The van der Waals surface area contributed by atoms with Crippen LogP contribution in [0.1, 0.15) is 24.1 Å². The second kappa shape index (κ2) is 6.59. The van der Waals surface area contributed by atoms with Crippen LogP contribution in [0.15, 0.2) is 35.5 Å². The Kier molecular flexibility index (Phi) is 4.28. The highest BCUT2D eigenvalue weighted by atomic mass is 32.2. The molecular weight excluding hydrogens is 429 g/mol. The minimum Gasteiger partial charge on any atom is -0.381 e. The van der Waals surface area contributed by atoms with Crippen molar-refractivity contribution in [2.24, 2.45) is 0 Å². The van der Waals surface area contributed by atoms with Crippen LogP contribution in [-0.4, -0.2) is 32.1 Å². The summed E-state index contributed by atoms with van der Waals surface area (Å²) in [6.07, 6.45) is -0.931. The van der Waals surface area contributed by atoms with Gasteiger partial charge in [-0.2, -0.15) is 18.4 Å². The van der Waals surface area contributed by atoms with E-state index in [9.17, 15) is 18.4 Å². The molecule has 160 valence electrons. The average molecular weight is 446 g/mol. The van der Waals surface area contributed by atoms with Crippen LogP contribution < -0.4 is 10.5 Å². The first-order valence-corrected chi connectivity index (χ1v) is 10.3. The summed E-state index contributed by atoms with van der Waals surface area (Å²) in [5.41, 5.74) is 6.04. The van der Waals surface area contributed by atoms with E-state index in [0.29, 0.717) is 25.1 Å². The topological polar surface area (TPSA) is 101 Å². The Balaban J connectivity index is 1.47. The Morgan fingerprint density at radius 3 is 2.81 bits per heavy atom. The van der Waals surface area contributed by atoms with Gasteiger partial charge in [-0.05, 0) is 36.6 Å². The molecule has 7 nitrogen and oxygen atoms in total. The number of benzene rings is 1. The van der Waals surface area contributed by atoms with Gasteiger partial charge in [0.2, 0.25) is 0 Å². The summed E-state index contributed by atoms with van der Waals surface area (Å²) in [5.74, 6) is -0.280. The standard InChI is InChI=1S/C20H17F3N6OS/c1-11-2-3-12(31-28-18-7-19(8-18,9-24)30-10-18)4-13(11)14-5-26-17-16(25)27-15(6-29(14)17)20(21,22)23/h2-6,28H,7-8,10H2,1H3,(H2,25,27). The number of hydrogen-bond acceptors (Lipinski definition) is 7. The van der Waals surface area contributed by atoms with Gasteiger partial charge in [0.25, 0.3) is 0 Å². The monoisotopic (exact) mass is 446 g/mol. The molecular formula is C20H17F3N6OS. The predicted molar refractivity (Wildman–Crippen MR) is 108 cm³/mol. The Labute approximate surface area is 179 Å². The van der Waals surface area contributed by atoms with E-state index < -0.39 is 17.5 Å². The SMILES string of the molecule is Cc1ccc(SNC23COC(C#N)(C2)C3)cc1-c1cnc2c(N)nc(C(F)(F)F)cn12. The normalized spacial score (nSPS) is 24.9. The fourth-order valence-corrected chi connectivity index (χ4v) is 5.04. The maximum Gasteiger partial charge on any atom is 0.434 e. The van der Waals surface area contributed by atoms with E-state index in [1.54, 1.807) is 0 Å². The molecule has 6 rings (SSSR count). The third kappa shape index (κ3) is 3.22. The quantitative estimate of drug-likeness (QED) is 0.589. The van der Waals surface area contributed by atoms with Gasteiger partial charge in [-0.15, -0.1) is 0 Å². The molecule has 4 heterocycles. The summed E-state index contributed by atoms with van der Waals surface area (Å²) in [7, 11) is 0. The maximum atomic E-state index is 13.2. The number of ether oxygens (including phenoxy) is 1. The highest BCUT2D eigenvalue weighted by Gasteiger charge is 2.63. The number of imidazole rings is 1. The second-order valence-electron chi connectivity index (χ2n) is 8.06. The minimum absolute atomic E-state index is 0.169. The average Bonchev–Trinajstić information content (AvgIpc) is 3.38. The third-order valence-corrected chi connectivity index (χ3v) is 6.78. The van der Waals surface area contributed by atoms with Gasteiger partial charge >= 0.3 is 6.18 Å². The molecule has 11 heteroatoms. The Hall–Kier alpha value is -2.81. The summed E-state index contributed by atoms with van der Waals surface area (Å²) >= 11 is 1.41. The fourth-order valence-electron chi connectivity index (χ4n) is 4.19. The van der Waals surface area contributed by atoms with Crippen LogP contribution in [-0.2, 0) is 10.9 Å². The number of nitriles is 1. The Morgan fingerprint density at radius 2 is 2.13 bits per heavy atom. The number of alkyl halides is 3. The number of rotatable bonds is 4. The molecule has 3 aromatic rings. The number of nitrogens with two attached hydrogens (primary N) is 1. The molecule has 1 aromatic carbocycles. The first-order valence-electron chi connectivity index (χ1n) is 9.45. The molecule has 2 aromatic heterocycles. The number of aryl methyl sites for hydroxylation is 1. The van der Waals surface area contributed by atoms with Gasteiger partial charge in [0.15, 0.2) is 22.8 Å².